The molecule has 0 bridgehead atoms. The Hall–Kier alpha value is -2.36. The van der Waals surface area contributed by atoms with Gasteiger partial charge in [0, 0.05) is 20.1 Å². The van der Waals surface area contributed by atoms with Crippen molar-refractivity contribution in [2.45, 2.75) is 18.9 Å². The molecule has 0 fully saturated rings. The van der Waals surface area contributed by atoms with Gasteiger partial charge in [0.15, 0.2) is 0 Å². The summed E-state index contributed by atoms with van der Waals surface area (Å²) in [6, 6.07) is -2.08. The van der Waals surface area contributed by atoms with Crippen LogP contribution in [0.25, 0.3) is 0 Å². The third kappa shape index (κ3) is 10.1. The molecule has 0 radical (unpaired) electrons. The molecule has 0 unspecified atom stereocenters. The van der Waals surface area contributed by atoms with Crippen molar-refractivity contribution in [3.8, 4) is 0 Å². The molecule has 0 rings (SSSR count). The molecule has 21 heavy (non-hydrogen) atoms. The van der Waals surface area contributed by atoms with Gasteiger partial charge in [-0.2, -0.15) is 0 Å². The Morgan fingerprint density at radius 3 is 2.43 bits per heavy atom. The number of carboxylic acids is 1. The SMILES string of the molecule is COCCNC(=O)CNC(=O)N[C@H](CCC(N)=O)C(=O)O. The first-order valence-electron chi connectivity index (χ1n) is 6.18. The monoisotopic (exact) mass is 304 g/mol. The van der Waals surface area contributed by atoms with E-state index in [1.54, 1.807) is 0 Å². The summed E-state index contributed by atoms with van der Waals surface area (Å²) in [5, 5.41) is 15.7. The van der Waals surface area contributed by atoms with Gasteiger partial charge in [-0.1, -0.05) is 0 Å². The van der Waals surface area contributed by atoms with Crippen LogP contribution in [0, 0.1) is 0 Å². The summed E-state index contributed by atoms with van der Waals surface area (Å²) >= 11 is 0. The number of ether oxygens (including phenoxy) is 1. The minimum Gasteiger partial charge on any atom is -0.480 e. The summed E-state index contributed by atoms with van der Waals surface area (Å²) in [5.41, 5.74) is 4.90. The number of primary amides is 1. The number of carbonyl (C=O) groups is 4. The number of hydrogen-bond donors (Lipinski definition) is 5. The molecular formula is C11H20N4O6. The Balaban J connectivity index is 4.05. The molecule has 10 nitrogen and oxygen atoms in total. The maximum atomic E-state index is 11.4. The normalized spacial score (nSPS) is 11.3. The van der Waals surface area contributed by atoms with E-state index in [0.717, 1.165) is 0 Å². The van der Waals surface area contributed by atoms with E-state index in [-0.39, 0.29) is 19.4 Å². The summed E-state index contributed by atoms with van der Waals surface area (Å²) < 4.78 is 4.73. The summed E-state index contributed by atoms with van der Waals surface area (Å²) in [6.07, 6.45) is -0.299. The number of nitrogens with two attached hydrogens (primary N) is 1. The fraction of sp³-hybridized carbons (Fsp3) is 0.636. The van der Waals surface area contributed by atoms with Crippen molar-refractivity contribution in [2.75, 3.05) is 26.8 Å². The maximum absolute atomic E-state index is 11.4. The zero-order valence-corrected chi connectivity index (χ0v) is 11.7. The highest BCUT2D eigenvalue weighted by Gasteiger charge is 2.20. The van der Waals surface area contributed by atoms with Gasteiger partial charge in [0.1, 0.15) is 6.04 Å². The average molecular weight is 304 g/mol. The van der Waals surface area contributed by atoms with Crippen LogP contribution in [0.15, 0.2) is 0 Å². The number of carboxylic acid groups (broad SMARTS) is 1. The van der Waals surface area contributed by atoms with Gasteiger partial charge in [0.2, 0.25) is 11.8 Å². The zero-order valence-electron chi connectivity index (χ0n) is 11.7. The van der Waals surface area contributed by atoms with Gasteiger partial charge in [-0.05, 0) is 6.42 Å². The summed E-state index contributed by atoms with van der Waals surface area (Å²) in [7, 11) is 1.48. The number of amides is 4. The van der Waals surface area contributed by atoms with Crippen LogP contribution in [0.3, 0.4) is 0 Å². The first-order chi connectivity index (χ1) is 9.86. The van der Waals surface area contributed by atoms with E-state index in [1.165, 1.54) is 7.11 Å². The van der Waals surface area contributed by atoms with E-state index in [0.29, 0.717) is 13.2 Å². The molecule has 0 saturated carbocycles. The van der Waals surface area contributed by atoms with Crippen LogP contribution >= 0.6 is 0 Å². The van der Waals surface area contributed by atoms with Crippen LogP contribution in [-0.2, 0) is 19.1 Å². The van der Waals surface area contributed by atoms with Crippen LogP contribution < -0.4 is 21.7 Å². The van der Waals surface area contributed by atoms with Gasteiger partial charge in [0.25, 0.3) is 0 Å². The fourth-order valence-electron chi connectivity index (χ4n) is 1.27. The molecule has 120 valence electrons. The van der Waals surface area contributed by atoms with Crippen LogP contribution in [-0.4, -0.2) is 61.8 Å². The van der Waals surface area contributed by atoms with Crippen molar-refractivity contribution >= 4 is 23.8 Å². The standard InChI is InChI=1S/C11H20N4O6/c1-21-5-4-13-9(17)6-14-11(20)15-7(10(18)19)2-3-8(12)16/h7H,2-6H2,1H3,(H2,12,16)(H,13,17)(H,18,19)(H2,14,15,20)/t7-/m1/s1. The van der Waals surface area contributed by atoms with E-state index in [1.807, 2.05) is 0 Å². The molecule has 0 aliphatic carbocycles. The van der Waals surface area contributed by atoms with E-state index < -0.39 is 29.9 Å². The molecule has 0 aromatic heterocycles. The molecule has 0 spiro atoms. The molecule has 0 aliphatic rings. The lowest BCUT2D eigenvalue weighted by molar-refractivity contribution is -0.139. The molecule has 4 amide bonds. The Morgan fingerprint density at radius 2 is 1.90 bits per heavy atom. The van der Waals surface area contributed by atoms with E-state index in [4.69, 9.17) is 15.6 Å². The van der Waals surface area contributed by atoms with Gasteiger partial charge in [-0.25, -0.2) is 9.59 Å². The number of hydrogen-bond acceptors (Lipinski definition) is 5. The number of aliphatic carboxylic acids is 1. The molecule has 0 aliphatic heterocycles. The first-order valence-corrected chi connectivity index (χ1v) is 6.18. The molecule has 6 N–H and O–H groups in total. The third-order valence-corrected chi connectivity index (χ3v) is 2.32. The smallest absolute Gasteiger partial charge is 0.326 e. The van der Waals surface area contributed by atoms with Crippen molar-refractivity contribution in [1.82, 2.24) is 16.0 Å². The molecule has 0 saturated heterocycles. The molecule has 0 heterocycles. The van der Waals surface area contributed by atoms with Crippen molar-refractivity contribution < 1.29 is 29.0 Å². The van der Waals surface area contributed by atoms with Crippen LogP contribution in [0.2, 0.25) is 0 Å². The van der Waals surface area contributed by atoms with Gasteiger partial charge in [0.05, 0.1) is 13.2 Å². The third-order valence-electron chi connectivity index (χ3n) is 2.32. The lowest BCUT2D eigenvalue weighted by Crippen LogP contribution is -2.48. The Labute approximate surface area is 121 Å². The average Bonchev–Trinajstić information content (AvgIpc) is 2.41. The minimum absolute atomic E-state index is 0.127. The second-order valence-corrected chi connectivity index (χ2v) is 4.07. The second-order valence-electron chi connectivity index (χ2n) is 4.07. The molecule has 10 heteroatoms. The highest BCUT2D eigenvalue weighted by Crippen LogP contribution is 1.97. The highest BCUT2D eigenvalue weighted by molar-refractivity contribution is 5.86. The number of urea groups is 1. The van der Waals surface area contributed by atoms with Gasteiger partial charge >= 0.3 is 12.0 Å². The quantitative estimate of drug-likeness (QED) is 0.287. The Kier molecular flexibility index (Phi) is 9.26. The Morgan fingerprint density at radius 1 is 1.24 bits per heavy atom. The Bertz CT molecular complexity index is 387. The van der Waals surface area contributed by atoms with E-state index in [2.05, 4.69) is 16.0 Å². The van der Waals surface area contributed by atoms with Crippen LogP contribution in [0.5, 0.6) is 0 Å². The largest absolute Gasteiger partial charge is 0.480 e. The molecule has 0 aromatic carbocycles. The number of carbonyl (C=O) groups excluding carboxylic acids is 3. The fourth-order valence-corrected chi connectivity index (χ4v) is 1.27. The molecular weight excluding hydrogens is 284 g/mol. The highest BCUT2D eigenvalue weighted by atomic mass is 16.5. The van der Waals surface area contributed by atoms with Gasteiger partial charge in [-0.3, -0.25) is 9.59 Å². The van der Waals surface area contributed by atoms with Gasteiger partial charge in [-0.15, -0.1) is 0 Å². The molecule has 0 aromatic rings. The topological polar surface area (TPSA) is 160 Å². The van der Waals surface area contributed by atoms with Crippen molar-refractivity contribution in [3.05, 3.63) is 0 Å². The van der Waals surface area contributed by atoms with Crippen molar-refractivity contribution in [1.29, 1.82) is 0 Å². The van der Waals surface area contributed by atoms with Crippen molar-refractivity contribution in [2.24, 2.45) is 5.73 Å². The van der Waals surface area contributed by atoms with Gasteiger partial charge < -0.3 is 31.5 Å². The van der Waals surface area contributed by atoms with E-state index in [9.17, 15) is 19.2 Å². The van der Waals surface area contributed by atoms with Crippen LogP contribution in [0.1, 0.15) is 12.8 Å². The summed E-state index contributed by atoms with van der Waals surface area (Å²) in [4.78, 5) is 44.2. The summed E-state index contributed by atoms with van der Waals surface area (Å²) in [6.45, 7) is 0.332. The van der Waals surface area contributed by atoms with E-state index >= 15 is 0 Å². The number of rotatable bonds is 10. The molecule has 1 atom stereocenters. The first kappa shape index (κ1) is 18.6. The lowest BCUT2D eigenvalue weighted by atomic mass is 10.1. The number of nitrogens with one attached hydrogen (secondary N) is 3. The maximum Gasteiger partial charge on any atom is 0.326 e. The zero-order chi connectivity index (χ0) is 16.3. The summed E-state index contributed by atoms with van der Waals surface area (Å²) in [5.74, 6) is -2.40. The predicted octanol–water partition coefficient (Wildman–Crippen LogP) is -2.23. The second kappa shape index (κ2) is 10.4. The minimum atomic E-state index is -1.30. The number of methoxy groups -OCH3 is 1. The predicted molar refractivity (Wildman–Crippen MR) is 71.3 cm³/mol. The lowest BCUT2D eigenvalue weighted by Gasteiger charge is -2.14. The van der Waals surface area contributed by atoms with Crippen LogP contribution in [0.4, 0.5) is 4.79 Å². The van der Waals surface area contributed by atoms with Crippen molar-refractivity contribution in [3.63, 3.8) is 0 Å².